The van der Waals surface area contributed by atoms with Gasteiger partial charge in [0, 0.05) is 30.2 Å². The normalized spacial score (nSPS) is 15.2. The molecule has 0 saturated carbocycles. The molecule has 1 aromatic heterocycles. The molecule has 170 valence electrons. The van der Waals surface area contributed by atoms with Crippen LogP contribution in [0.15, 0.2) is 58.3 Å². The van der Waals surface area contributed by atoms with Crippen molar-refractivity contribution in [1.82, 2.24) is 19.2 Å². The Bertz CT molecular complexity index is 1230. The van der Waals surface area contributed by atoms with Gasteiger partial charge in [-0.15, -0.1) is 0 Å². The number of ether oxygens (including phenoxy) is 1. The SMILES string of the molecule is CCCn1c(-c2ccc(S(=O)(=O)c3ccc(Cl)cc3)cc2)nn(CN2CCOCC2)c1=S. The van der Waals surface area contributed by atoms with Crippen molar-refractivity contribution in [1.29, 1.82) is 0 Å². The number of halogens is 1. The first-order chi connectivity index (χ1) is 15.4. The molecular formula is C22H25ClN4O3S2. The zero-order valence-electron chi connectivity index (χ0n) is 17.8. The van der Waals surface area contributed by atoms with Crippen LogP contribution in [0.3, 0.4) is 0 Å². The van der Waals surface area contributed by atoms with Crippen LogP contribution in [0.4, 0.5) is 0 Å². The third-order valence-corrected chi connectivity index (χ3v) is 7.82. The number of aromatic nitrogens is 3. The Balaban J connectivity index is 1.65. The second-order valence-corrected chi connectivity index (χ2v) is 10.4. The van der Waals surface area contributed by atoms with E-state index in [2.05, 4.69) is 11.8 Å². The van der Waals surface area contributed by atoms with E-state index < -0.39 is 9.84 Å². The average Bonchev–Trinajstić information content (AvgIpc) is 3.10. The highest BCUT2D eigenvalue weighted by molar-refractivity contribution is 7.91. The summed E-state index contributed by atoms with van der Waals surface area (Å²) in [6.45, 7) is 6.53. The van der Waals surface area contributed by atoms with Crippen LogP contribution in [0.2, 0.25) is 5.02 Å². The molecule has 0 bridgehead atoms. The molecule has 10 heteroatoms. The van der Waals surface area contributed by atoms with Crippen molar-refractivity contribution in [3.05, 3.63) is 58.3 Å². The summed E-state index contributed by atoms with van der Waals surface area (Å²) in [6, 6.07) is 13.0. The largest absolute Gasteiger partial charge is 0.379 e. The average molecular weight is 493 g/mol. The van der Waals surface area contributed by atoms with Gasteiger partial charge in [0.2, 0.25) is 9.84 Å². The first-order valence-electron chi connectivity index (χ1n) is 10.5. The molecule has 7 nitrogen and oxygen atoms in total. The van der Waals surface area contributed by atoms with Crippen LogP contribution in [0, 0.1) is 4.77 Å². The summed E-state index contributed by atoms with van der Waals surface area (Å²) < 4.78 is 35.8. The maximum atomic E-state index is 12.9. The molecule has 0 unspecified atom stereocenters. The van der Waals surface area contributed by atoms with E-state index in [4.69, 9.17) is 33.7 Å². The van der Waals surface area contributed by atoms with Crippen LogP contribution >= 0.6 is 23.8 Å². The summed E-state index contributed by atoms with van der Waals surface area (Å²) in [5.41, 5.74) is 0.820. The first-order valence-corrected chi connectivity index (χ1v) is 12.8. The van der Waals surface area contributed by atoms with Gasteiger partial charge in [0.25, 0.3) is 0 Å². The summed E-state index contributed by atoms with van der Waals surface area (Å²) in [4.78, 5) is 2.68. The van der Waals surface area contributed by atoms with E-state index in [1.807, 2.05) is 9.25 Å². The Kier molecular flexibility index (Phi) is 7.11. The van der Waals surface area contributed by atoms with E-state index in [1.165, 1.54) is 12.1 Å². The molecule has 4 rings (SSSR count). The second kappa shape index (κ2) is 9.84. The number of benzene rings is 2. The molecule has 0 amide bonds. The topological polar surface area (TPSA) is 69.4 Å². The Morgan fingerprint density at radius 1 is 1.03 bits per heavy atom. The van der Waals surface area contributed by atoms with Gasteiger partial charge in [-0.1, -0.05) is 18.5 Å². The zero-order chi connectivity index (χ0) is 22.7. The molecule has 1 aliphatic rings. The van der Waals surface area contributed by atoms with Gasteiger partial charge in [-0.3, -0.25) is 9.47 Å². The van der Waals surface area contributed by atoms with Crippen molar-refractivity contribution in [2.75, 3.05) is 26.3 Å². The Morgan fingerprint density at radius 3 is 2.22 bits per heavy atom. The van der Waals surface area contributed by atoms with Gasteiger partial charge < -0.3 is 4.74 Å². The lowest BCUT2D eigenvalue weighted by Gasteiger charge is -2.26. The van der Waals surface area contributed by atoms with Crippen LogP contribution < -0.4 is 0 Å². The van der Waals surface area contributed by atoms with Gasteiger partial charge in [0.1, 0.15) is 0 Å². The van der Waals surface area contributed by atoms with E-state index >= 15 is 0 Å². The van der Waals surface area contributed by atoms with Crippen molar-refractivity contribution >= 4 is 33.7 Å². The maximum Gasteiger partial charge on any atom is 0.206 e. The minimum Gasteiger partial charge on any atom is -0.379 e. The fraction of sp³-hybridized carbons (Fsp3) is 0.364. The fourth-order valence-corrected chi connectivity index (χ4v) is 5.30. The molecule has 2 heterocycles. The molecule has 0 radical (unpaired) electrons. The lowest BCUT2D eigenvalue weighted by molar-refractivity contribution is 0.0209. The molecule has 2 aromatic carbocycles. The van der Waals surface area contributed by atoms with Gasteiger partial charge in [0.15, 0.2) is 10.6 Å². The Hall–Kier alpha value is -2.04. The van der Waals surface area contributed by atoms with Crippen molar-refractivity contribution in [3.8, 4) is 11.4 Å². The lowest BCUT2D eigenvalue weighted by Crippen LogP contribution is -2.37. The third-order valence-electron chi connectivity index (χ3n) is 5.35. The van der Waals surface area contributed by atoms with Crippen molar-refractivity contribution in [2.24, 2.45) is 0 Å². The molecule has 1 fully saturated rings. The highest BCUT2D eigenvalue weighted by Crippen LogP contribution is 2.26. The molecule has 0 aliphatic carbocycles. The van der Waals surface area contributed by atoms with E-state index in [0.717, 1.165) is 37.4 Å². The molecule has 0 N–H and O–H groups in total. The summed E-state index contributed by atoms with van der Waals surface area (Å²) >= 11 is 11.6. The van der Waals surface area contributed by atoms with Gasteiger partial charge in [-0.05, 0) is 67.2 Å². The monoisotopic (exact) mass is 492 g/mol. The molecular weight excluding hydrogens is 468 g/mol. The van der Waals surface area contributed by atoms with Gasteiger partial charge in [0.05, 0.1) is 29.7 Å². The number of hydrogen-bond acceptors (Lipinski definition) is 6. The van der Waals surface area contributed by atoms with Gasteiger partial charge in [-0.2, -0.15) is 5.10 Å². The van der Waals surface area contributed by atoms with E-state index in [1.54, 1.807) is 36.4 Å². The highest BCUT2D eigenvalue weighted by atomic mass is 35.5. The van der Waals surface area contributed by atoms with Crippen LogP contribution in [-0.2, 0) is 27.8 Å². The standard InChI is InChI=1S/C22H25ClN4O3S2/c1-2-11-26-21(24-27(22(26)31)16-25-12-14-30-15-13-25)17-3-7-19(8-4-17)32(28,29)20-9-5-18(23)6-10-20/h3-10H,2,11-16H2,1H3. The van der Waals surface area contributed by atoms with E-state index in [9.17, 15) is 8.42 Å². The molecule has 0 atom stereocenters. The predicted molar refractivity (Wildman–Crippen MR) is 126 cm³/mol. The highest BCUT2D eigenvalue weighted by Gasteiger charge is 2.20. The van der Waals surface area contributed by atoms with E-state index in [0.29, 0.717) is 29.7 Å². The molecule has 3 aromatic rings. The smallest absolute Gasteiger partial charge is 0.206 e. The van der Waals surface area contributed by atoms with Gasteiger partial charge >= 0.3 is 0 Å². The summed E-state index contributed by atoms with van der Waals surface area (Å²) in [5.74, 6) is 0.737. The van der Waals surface area contributed by atoms with Crippen molar-refractivity contribution in [3.63, 3.8) is 0 Å². The summed E-state index contributed by atoms with van der Waals surface area (Å²) in [6.07, 6.45) is 0.910. The maximum absolute atomic E-state index is 12.9. The molecule has 32 heavy (non-hydrogen) atoms. The number of rotatable bonds is 7. The van der Waals surface area contributed by atoms with Crippen molar-refractivity contribution < 1.29 is 13.2 Å². The predicted octanol–water partition coefficient (Wildman–Crippen LogP) is 4.27. The summed E-state index contributed by atoms with van der Waals surface area (Å²) in [5, 5.41) is 5.27. The molecule has 0 spiro atoms. The minimum absolute atomic E-state index is 0.207. The molecule has 1 saturated heterocycles. The minimum atomic E-state index is -3.63. The fourth-order valence-electron chi connectivity index (χ4n) is 3.64. The number of nitrogens with zero attached hydrogens (tertiary/aromatic N) is 4. The Labute approximate surface area is 198 Å². The van der Waals surface area contributed by atoms with Crippen LogP contribution in [0.1, 0.15) is 13.3 Å². The van der Waals surface area contributed by atoms with Crippen LogP contribution in [0.25, 0.3) is 11.4 Å². The third kappa shape index (κ3) is 4.82. The zero-order valence-corrected chi connectivity index (χ0v) is 20.2. The van der Waals surface area contributed by atoms with Crippen molar-refractivity contribution in [2.45, 2.75) is 36.3 Å². The number of morpholine rings is 1. The molecule has 1 aliphatic heterocycles. The van der Waals surface area contributed by atoms with E-state index in [-0.39, 0.29) is 9.79 Å². The quantitative estimate of drug-likeness (QED) is 0.459. The van der Waals surface area contributed by atoms with Crippen LogP contribution in [0.5, 0.6) is 0 Å². The lowest BCUT2D eigenvalue weighted by atomic mass is 10.2. The number of sulfone groups is 1. The summed E-state index contributed by atoms with van der Waals surface area (Å²) in [7, 11) is -3.63. The first kappa shape index (κ1) is 23.1. The second-order valence-electron chi connectivity index (χ2n) is 7.61. The number of hydrogen-bond donors (Lipinski definition) is 0. The Morgan fingerprint density at radius 2 is 1.62 bits per heavy atom. The van der Waals surface area contributed by atoms with Crippen LogP contribution in [-0.4, -0.2) is 54.0 Å². The van der Waals surface area contributed by atoms with Gasteiger partial charge in [-0.25, -0.2) is 13.1 Å².